The molecule has 0 atom stereocenters. The Morgan fingerprint density at radius 1 is 0.180 bits per heavy atom. The fourth-order valence-corrected chi connectivity index (χ4v) is 8.40. The number of anilines is 3. The highest BCUT2D eigenvalue weighted by atomic mass is 15.1. The highest BCUT2D eigenvalue weighted by Crippen LogP contribution is 2.46. The van der Waals surface area contributed by atoms with E-state index in [1.165, 1.54) is 50.1 Å². The van der Waals surface area contributed by atoms with Crippen LogP contribution < -0.4 is 4.90 Å². The summed E-state index contributed by atoms with van der Waals surface area (Å²) in [5.41, 5.74) is 19.7. The Balaban J connectivity index is 1.19. The van der Waals surface area contributed by atoms with Crippen LogP contribution in [0.5, 0.6) is 0 Å². The zero-order valence-corrected chi connectivity index (χ0v) is 33.8. The molecule has 0 fully saturated rings. The fraction of sp³-hybridized carbons (Fsp3) is 0. The normalized spacial score (nSPS) is 11.0. The van der Waals surface area contributed by atoms with Crippen LogP contribution in [0.25, 0.3) is 77.9 Å². The van der Waals surface area contributed by atoms with Gasteiger partial charge in [0.15, 0.2) is 0 Å². The molecule has 61 heavy (non-hydrogen) atoms. The molecule has 1 nitrogen and oxygen atoms in total. The van der Waals surface area contributed by atoms with Crippen molar-refractivity contribution in [1.29, 1.82) is 0 Å². The Bertz CT molecular complexity index is 2960. The molecule has 1 heteroatoms. The van der Waals surface area contributed by atoms with E-state index in [9.17, 15) is 0 Å². The van der Waals surface area contributed by atoms with E-state index in [4.69, 9.17) is 0 Å². The quantitative estimate of drug-likeness (QED) is 0.134. The third-order valence-corrected chi connectivity index (χ3v) is 11.5. The summed E-state index contributed by atoms with van der Waals surface area (Å²) in [4.78, 5) is 2.44. The maximum atomic E-state index is 2.44. The van der Waals surface area contributed by atoms with Crippen molar-refractivity contribution in [1.82, 2.24) is 0 Å². The first-order valence-corrected chi connectivity index (χ1v) is 20.9. The molecule has 0 saturated carbocycles. The molecule has 288 valence electrons. The van der Waals surface area contributed by atoms with Crippen LogP contribution in [0.2, 0.25) is 0 Å². The van der Waals surface area contributed by atoms with Crippen LogP contribution in [-0.4, -0.2) is 0 Å². The average molecular weight is 778 g/mol. The molecular weight excluding hydrogens is 735 g/mol. The van der Waals surface area contributed by atoms with Crippen molar-refractivity contribution >= 4 is 17.1 Å². The summed E-state index contributed by atoms with van der Waals surface area (Å²) in [7, 11) is 0. The maximum absolute atomic E-state index is 2.44. The van der Waals surface area contributed by atoms with E-state index in [-0.39, 0.29) is 0 Å². The first-order chi connectivity index (χ1) is 30.2. The van der Waals surface area contributed by atoms with Crippen LogP contribution in [-0.2, 0) is 0 Å². The van der Waals surface area contributed by atoms with Crippen molar-refractivity contribution in [2.45, 2.75) is 0 Å². The zero-order valence-electron chi connectivity index (χ0n) is 33.8. The first kappa shape index (κ1) is 37.3. The standard InChI is InChI=1S/C60H43N/c1-7-19-44(20-8-1)47-31-35-55(36-32-47)61(56-40-53(45-21-9-2-10-22-45)39-54(41-56)46-23-11-3-12-24-46)60-38-34-52(43-59(60)50-29-17-6-18-30-50)51-33-37-57(48-25-13-4-14-26-48)58(42-51)49-27-15-5-16-28-49/h1-43H. The highest BCUT2D eigenvalue weighted by Gasteiger charge is 2.21. The smallest absolute Gasteiger partial charge is 0.0540 e. The fourth-order valence-electron chi connectivity index (χ4n) is 8.40. The van der Waals surface area contributed by atoms with Crippen LogP contribution in [0.4, 0.5) is 17.1 Å². The van der Waals surface area contributed by atoms with Crippen LogP contribution in [0, 0.1) is 0 Å². The van der Waals surface area contributed by atoms with Gasteiger partial charge in [0, 0.05) is 16.9 Å². The minimum Gasteiger partial charge on any atom is -0.310 e. The largest absolute Gasteiger partial charge is 0.310 e. The van der Waals surface area contributed by atoms with Gasteiger partial charge in [0.25, 0.3) is 0 Å². The van der Waals surface area contributed by atoms with E-state index in [1.54, 1.807) is 0 Å². The molecule has 0 aliphatic rings. The van der Waals surface area contributed by atoms with E-state index >= 15 is 0 Å². The van der Waals surface area contributed by atoms with Crippen LogP contribution in [0.1, 0.15) is 0 Å². The molecular formula is C60H43N. The van der Waals surface area contributed by atoms with Gasteiger partial charge in [-0.15, -0.1) is 0 Å². The van der Waals surface area contributed by atoms with Gasteiger partial charge in [-0.05, 0) is 121 Å². The number of benzene rings is 10. The van der Waals surface area contributed by atoms with Crippen LogP contribution in [0.3, 0.4) is 0 Å². The molecule has 0 spiro atoms. The lowest BCUT2D eigenvalue weighted by Gasteiger charge is -2.29. The molecule has 10 rings (SSSR count). The van der Waals surface area contributed by atoms with Gasteiger partial charge >= 0.3 is 0 Å². The van der Waals surface area contributed by atoms with Crippen molar-refractivity contribution in [3.63, 3.8) is 0 Å². The van der Waals surface area contributed by atoms with E-state index in [0.29, 0.717) is 0 Å². The van der Waals surface area contributed by atoms with E-state index in [0.717, 1.165) is 44.9 Å². The average Bonchev–Trinajstić information content (AvgIpc) is 3.36. The SMILES string of the molecule is c1ccc(-c2ccc(N(c3cc(-c4ccccc4)cc(-c4ccccc4)c3)c3ccc(-c4ccc(-c5ccccc5)c(-c5ccccc5)c4)cc3-c3ccccc3)cc2)cc1. The van der Waals surface area contributed by atoms with Gasteiger partial charge in [-0.25, -0.2) is 0 Å². The molecule has 0 N–H and O–H groups in total. The lowest BCUT2D eigenvalue weighted by atomic mass is 9.90. The summed E-state index contributed by atoms with van der Waals surface area (Å²) < 4.78 is 0. The molecule has 0 aliphatic heterocycles. The minimum absolute atomic E-state index is 1.08. The van der Waals surface area contributed by atoms with Crippen LogP contribution in [0.15, 0.2) is 261 Å². The molecule has 0 heterocycles. The molecule has 0 bridgehead atoms. The highest BCUT2D eigenvalue weighted by molar-refractivity contribution is 5.94. The van der Waals surface area contributed by atoms with Crippen molar-refractivity contribution in [3.05, 3.63) is 261 Å². The third kappa shape index (κ3) is 7.93. The monoisotopic (exact) mass is 777 g/mol. The second kappa shape index (κ2) is 17.1. The van der Waals surface area contributed by atoms with Gasteiger partial charge in [-0.1, -0.05) is 212 Å². The van der Waals surface area contributed by atoms with Crippen molar-refractivity contribution < 1.29 is 0 Å². The lowest BCUT2D eigenvalue weighted by molar-refractivity contribution is 1.28. The minimum atomic E-state index is 1.08. The zero-order chi connectivity index (χ0) is 40.8. The van der Waals surface area contributed by atoms with Gasteiger partial charge in [0.05, 0.1) is 5.69 Å². The van der Waals surface area contributed by atoms with E-state index < -0.39 is 0 Å². The molecule has 10 aromatic rings. The molecule has 0 amide bonds. The number of hydrogen-bond acceptors (Lipinski definition) is 1. The van der Waals surface area contributed by atoms with Gasteiger partial charge in [0.2, 0.25) is 0 Å². The molecule has 0 saturated heterocycles. The number of nitrogens with zero attached hydrogens (tertiary/aromatic N) is 1. The Morgan fingerprint density at radius 2 is 0.525 bits per heavy atom. The summed E-state index contributed by atoms with van der Waals surface area (Å²) in [6, 6.07) is 94.2. The number of rotatable bonds is 10. The maximum Gasteiger partial charge on any atom is 0.0540 e. The Kier molecular flexibility index (Phi) is 10.4. The Hall–Kier alpha value is -8.00. The summed E-state index contributed by atoms with van der Waals surface area (Å²) in [5.74, 6) is 0. The molecule has 0 unspecified atom stereocenters. The van der Waals surface area contributed by atoms with Gasteiger partial charge in [-0.3, -0.25) is 0 Å². The Labute approximate surface area is 359 Å². The summed E-state index contributed by atoms with van der Waals surface area (Å²) >= 11 is 0. The van der Waals surface area contributed by atoms with E-state index in [2.05, 4.69) is 266 Å². The summed E-state index contributed by atoms with van der Waals surface area (Å²) in [5, 5.41) is 0. The van der Waals surface area contributed by atoms with Crippen molar-refractivity contribution in [3.8, 4) is 77.9 Å². The molecule has 0 radical (unpaired) electrons. The van der Waals surface area contributed by atoms with Gasteiger partial charge < -0.3 is 4.90 Å². The second-order valence-corrected chi connectivity index (χ2v) is 15.3. The predicted molar refractivity (Wildman–Crippen MR) is 259 cm³/mol. The first-order valence-electron chi connectivity index (χ1n) is 20.9. The number of hydrogen-bond donors (Lipinski definition) is 0. The summed E-state index contributed by atoms with van der Waals surface area (Å²) in [6.07, 6.45) is 0. The third-order valence-electron chi connectivity index (χ3n) is 11.5. The topological polar surface area (TPSA) is 3.24 Å². The lowest BCUT2D eigenvalue weighted by Crippen LogP contribution is -2.12. The molecule has 0 aromatic heterocycles. The van der Waals surface area contributed by atoms with E-state index in [1.807, 2.05) is 0 Å². The van der Waals surface area contributed by atoms with Crippen LogP contribution >= 0.6 is 0 Å². The van der Waals surface area contributed by atoms with Gasteiger partial charge in [0.1, 0.15) is 0 Å². The Morgan fingerprint density at radius 3 is 1.00 bits per heavy atom. The van der Waals surface area contributed by atoms with Gasteiger partial charge in [-0.2, -0.15) is 0 Å². The molecule has 10 aromatic carbocycles. The predicted octanol–water partition coefficient (Wildman–Crippen LogP) is 16.8. The van der Waals surface area contributed by atoms with Crippen molar-refractivity contribution in [2.75, 3.05) is 4.90 Å². The summed E-state index contributed by atoms with van der Waals surface area (Å²) in [6.45, 7) is 0. The second-order valence-electron chi connectivity index (χ2n) is 15.3. The van der Waals surface area contributed by atoms with Crippen molar-refractivity contribution in [2.24, 2.45) is 0 Å². The molecule has 0 aliphatic carbocycles.